The number of primary amides is 1. The molecule has 0 unspecified atom stereocenters. The molecule has 6 heterocycles. The quantitative estimate of drug-likeness (QED) is 0.0172. The molecule has 7 N–H and O–H groups in total. The number of aromatic hydroxyl groups is 3. The molecule has 10 rings (SSSR count). The van der Waals surface area contributed by atoms with Crippen LogP contribution in [0, 0.1) is 51.8 Å². The van der Waals surface area contributed by atoms with Gasteiger partial charge in [-0.15, -0.1) is 36.9 Å². The van der Waals surface area contributed by atoms with Crippen LogP contribution >= 0.6 is 80.8 Å². The van der Waals surface area contributed by atoms with Gasteiger partial charge in [-0.05, 0) is 116 Å². The van der Waals surface area contributed by atoms with Crippen LogP contribution in [0.25, 0.3) is 36.1 Å². The standard InChI is InChI=1S/C22H18N6O9S3.C21H12ClN5O7S2.C18H12Cl2N6O7S3.4K/c1-4-14-16(19(24)29)21(30)28(9-11-5-12(39(32,33)34)7-13(6-11)40(35,36)37)22(31)18(14)26-27-20-17(25-3)10(2)15(8-23)38-20;1-9-16(23-2)18(28)27(11-5-3-10(4-6-11)20(30)31)19(29)17(9)25-26-21-24-13-7-12(22)15(36(32,33)34)8-14(13)35-21;1-7-13(21-2)15(29)26(10-5-9(20)11(6-8(10)19)36(31,32)33)16(30)14(7)23-24-17-22-18(25-35-17)34-4-3-12(27)28;;;;/h5-7,30H,4,9H2,1-2H3,(H2,24,29)(H,32,33,34)(H,35,36,37);3-8,28H,1H3,(H,30,31)(H,32,33,34);5-6,29H,3-4H2,1H3,(H,27,28)(H,31,32,33);;;;/q;;;4*+1/p-4. The number of rotatable bonds is 21. The maximum Gasteiger partial charge on any atom is 1.00 e. The average molecular weight is 1900 g/mol. The van der Waals surface area contributed by atoms with Crippen LogP contribution in [0.1, 0.15) is 66.8 Å². The van der Waals surface area contributed by atoms with Crippen LogP contribution < -0.4 is 228 Å². The summed E-state index contributed by atoms with van der Waals surface area (Å²) < 4.78 is 144. The van der Waals surface area contributed by atoms with Gasteiger partial charge in [0.05, 0.1) is 99.4 Å². The molecule has 0 aliphatic heterocycles. The maximum atomic E-state index is 13.4. The zero-order chi connectivity index (χ0) is 83.3. The summed E-state index contributed by atoms with van der Waals surface area (Å²) in [6.45, 7) is 27.1. The number of carboxylic acid groups (broad SMARTS) is 2. The molecule has 10 aromatic rings. The molecule has 0 bridgehead atoms. The molecule has 0 atom stereocenters. The number of thiophene rings is 1. The number of benzene rings is 4. The third kappa shape index (κ3) is 24.2. The van der Waals surface area contributed by atoms with Gasteiger partial charge in [-0.2, -0.15) is 19.7 Å². The molecule has 0 saturated heterocycles. The van der Waals surface area contributed by atoms with Crippen molar-refractivity contribution >= 4 is 199 Å². The molecule has 40 nitrogen and oxygen atoms in total. The molecule has 0 fully saturated rings. The normalized spacial score (nSPS) is 11.3. The van der Waals surface area contributed by atoms with Gasteiger partial charge >= 0.3 is 217 Å². The number of hydrogen-bond donors (Lipinski definition) is 6. The third-order valence-corrected chi connectivity index (χ3v) is 22.9. The number of fused-ring (bicyclic) bond motifs is 1. The van der Waals surface area contributed by atoms with E-state index in [9.17, 15) is 101 Å². The first-order chi connectivity index (χ1) is 52.3. The number of pyridine rings is 3. The first kappa shape index (κ1) is 103. The Hall–Kier alpha value is -5.14. The minimum absolute atomic E-state index is 0. The van der Waals surface area contributed by atoms with Crippen molar-refractivity contribution in [2.45, 2.75) is 71.8 Å². The average Bonchev–Trinajstić information content (AvgIpc) is 1.70. The third-order valence-electron chi connectivity index (χ3n) is 14.8. The summed E-state index contributed by atoms with van der Waals surface area (Å²) in [5.41, 5.74) is -0.100. The van der Waals surface area contributed by atoms with E-state index in [2.05, 4.69) is 59.6 Å². The van der Waals surface area contributed by atoms with Crippen LogP contribution in [0.15, 0.2) is 137 Å². The number of nitrogens with zero attached hydrogens (tertiary/aromatic N) is 16. The van der Waals surface area contributed by atoms with Gasteiger partial charge in [0.25, 0.3) is 34.0 Å². The molecule has 0 aliphatic rings. The van der Waals surface area contributed by atoms with Gasteiger partial charge in [-0.3, -0.25) is 37.7 Å². The van der Waals surface area contributed by atoms with Crippen molar-refractivity contribution in [2.24, 2.45) is 36.4 Å². The monoisotopic (exact) mass is 1890 g/mol. The Morgan fingerprint density at radius 1 is 0.629 bits per heavy atom. The fourth-order valence-electron chi connectivity index (χ4n) is 9.64. The van der Waals surface area contributed by atoms with Crippen molar-refractivity contribution in [3.8, 4) is 35.1 Å². The van der Waals surface area contributed by atoms with E-state index in [0.717, 1.165) is 68.7 Å². The summed E-state index contributed by atoms with van der Waals surface area (Å²) in [6, 6.07) is 12.5. The molecule has 0 spiro atoms. The van der Waals surface area contributed by atoms with Crippen molar-refractivity contribution in [1.82, 2.24) is 28.0 Å². The first-order valence-corrected chi connectivity index (χ1v) is 39.7. The zero-order valence-corrected chi connectivity index (χ0v) is 81.2. The van der Waals surface area contributed by atoms with Crippen molar-refractivity contribution in [1.29, 1.82) is 5.26 Å². The second-order valence-electron chi connectivity index (χ2n) is 21.8. The number of carboxylic acids is 2. The molecule has 0 radical (unpaired) electrons. The number of aromatic carboxylic acids is 1. The Labute approximate surface area is 854 Å². The number of carbonyl (C=O) groups is 3. The van der Waals surface area contributed by atoms with Gasteiger partial charge in [-0.25, -0.2) is 58.0 Å². The van der Waals surface area contributed by atoms with Gasteiger partial charge in [0.15, 0.2) is 5.69 Å². The topological polar surface area (TPSA) is 623 Å². The Bertz CT molecular complexity index is 6610. The minimum Gasteiger partial charge on any atom is -0.744 e. The van der Waals surface area contributed by atoms with Crippen LogP contribution in [0.5, 0.6) is 17.6 Å². The minimum atomic E-state index is -5.27. The fraction of sp³-hybridized carbons (Fsp3) is 0.131. The molecule has 1 amide bonds. The van der Waals surface area contributed by atoms with Crippen LogP contribution in [0.2, 0.25) is 15.1 Å². The van der Waals surface area contributed by atoms with E-state index in [1.165, 1.54) is 58.0 Å². The number of amides is 1. The van der Waals surface area contributed by atoms with Crippen molar-refractivity contribution < 1.29 is 297 Å². The molecule has 4 aromatic carbocycles. The number of carbonyl (C=O) groups excluding carboxylic acids is 1. The first-order valence-electron chi connectivity index (χ1n) is 29.6. The van der Waals surface area contributed by atoms with Gasteiger partial charge in [0, 0.05) is 22.8 Å². The van der Waals surface area contributed by atoms with Crippen molar-refractivity contribution in [3.05, 3.63) is 191 Å². The second kappa shape index (κ2) is 43.1. The Morgan fingerprint density at radius 2 is 1.14 bits per heavy atom. The van der Waals surface area contributed by atoms with Gasteiger partial charge in [-0.1, -0.05) is 64.8 Å². The number of nitriles is 1. The largest absolute Gasteiger partial charge is 1.00 e. The van der Waals surface area contributed by atoms with E-state index >= 15 is 0 Å². The van der Waals surface area contributed by atoms with Gasteiger partial charge in [0.2, 0.25) is 38.7 Å². The van der Waals surface area contributed by atoms with E-state index in [1.54, 1.807) is 0 Å². The molecular formula is C61H38Cl3K4N17O23S8. The van der Waals surface area contributed by atoms with E-state index < -0.39 is 146 Å². The maximum absolute atomic E-state index is 13.4. The SMILES string of the molecule is [C-]#[N+]c1c(C)c(N=Nc2nc(SCCC(=O)O)ns2)c(=O)n(-c2cc(Cl)c(S(=O)(=O)[O-])cc2Cl)c1O.[C-]#[N+]c1c(C)c(N=Nc2nc3cc(Cl)c(S(=O)(=O)[O-])cc3s2)c(=O)n(-c2ccc(C(=O)O)cc2)c1O.[C-]#[N+]c1c(N=Nc2c(CC)c(C(N)=O)c(O)n(Cc3cc(S(=O)(=O)[O-])cc(S(=O)(=O)[O-])c3)c2=O)sc(C#N)c1C.[K+].[K+].[K+].[K+]. The van der Waals surface area contributed by atoms with Gasteiger partial charge in [0.1, 0.15) is 68.5 Å². The number of aromatic nitrogens is 6. The van der Waals surface area contributed by atoms with Crippen molar-refractivity contribution in [3.63, 3.8) is 0 Å². The summed E-state index contributed by atoms with van der Waals surface area (Å²) in [4.78, 5) is 88.4. The summed E-state index contributed by atoms with van der Waals surface area (Å²) in [7, 11) is -20.3. The summed E-state index contributed by atoms with van der Waals surface area (Å²) in [5.74, 6) is -5.59. The predicted molar refractivity (Wildman–Crippen MR) is 394 cm³/mol. The summed E-state index contributed by atoms with van der Waals surface area (Å²) >= 11 is 21.5. The van der Waals surface area contributed by atoms with Crippen LogP contribution in [-0.2, 0) is 58.2 Å². The zero-order valence-electron chi connectivity index (χ0n) is 59.9. The molecule has 0 saturated carbocycles. The summed E-state index contributed by atoms with van der Waals surface area (Å²) in [5, 5.41) is 81.3. The Balaban J connectivity index is 0.000000361. The van der Waals surface area contributed by atoms with Crippen LogP contribution in [0.4, 0.5) is 49.4 Å². The second-order valence-corrected chi connectivity index (χ2v) is 32.3. The number of nitrogens with two attached hydrogens (primary N) is 1. The number of hydrogen-bond acceptors (Lipinski definition) is 35. The molecule has 0 aliphatic carbocycles. The van der Waals surface area contributed by atoms with E-state index in [1.807, 2.05) is 6.07 Å². The number of aliphatic carboxylic acids is 1. The van der Waals surface area contributed by atoms with Crippen molar-refractivity contribution in [2.75, 3.05) is 5.75 Å². The van der Waals surface area contributed by atoms with Crippen LogP contribution in [-0.4, -0.2) is 129 Å². The Kier molecular flexibility index (Phi) is 38.3. The summed E-state index contributed by atoms with van der Waals surface area (Å²) in [6.07, 6.45) is -0.165. The number of thiazole rings is 1. The van der Waals surface area contributed by atoms with E-state index in [0.29, 0.717) is 32.9 Å². The molecule has 55 heteroatoms. The van der Waals surface area contributed by atoms with Crippen LogP contribution in [0.3, 0.4) is 0 Å². The number of azo groups is 3. The fourth-order valence-corrected chi connectivity index (χ4v) is 16.3. The predicted octanol–water partition coefficient (Wildman–Crippen LogP) is -0.574. The number of halogens is 3. The smallest absolute Gasteiger partial charge is 0.744 e. The van der Waals surface area contributed by atoms with E-state index in [4.69, 9.17) is 70.5 Å². The Morgan fingerprint density at radius 3 is 1.63 bits per heavy atom. The van der Waals surface area contributed by atoms with Gasteiger partial charge < -0.3 is 49.5 Å². The molecule has 578 valence electrons. The molecular weight excluding hydrogens is 1860 g/mol. The number of thioether (sulfide) groups is 1. The molecule has 6 aromatic heterocycles. The molecule has 116 heavy (non-hydrogen) atoms. The van der Waals surface area contributed by atoms with E-state index in [-0.39, 0.29) is 327 Å².